The molecule has 0 saturated carbocycles. The molecule has 0 aliphatic carbocycles. The zero-order valence-corrected chi connectivity index (χ0v) is 11.1. The lowest BCUT2D eigenvalue weighted by Gasteiger charge is -2.12. The summed E-state index contributed by atoms with van der Waals surface area (Å²) in [6.45, 7) is 0. The summed E-state index contributed by atoms with van der Waals surface area (Å²) in [6.07, 6.45) is -3.36. The molecule has 1 aromatic carbocycles. The minimum Gasteiger partial charge on any atom is -0.337 e. The molecule has 0 amide bonds. The van der Waals surface area contributed by atoms with Crippen molar-refractivity contribution in [1.29, 1.82) is 0 Å². The monoisotopic (exact) mass is 324 g/mol. The number of nitrogens with one attached hydrogen (secondary N) is 1. The highest BCUT2D eigenvalue weighted by atomic mass is 35.5. The zero-order chi connectivity index (χ0) is 14.9. The van der Waals surface area contributed by atoms with E-state index in [9.17, 15) is 17.6 Å². The van der Waals surface area contributed by atoms with Crippen LogP contribution < -0.4 is 5.32 Å². The summed E-state index contributed by atoms with van der Waals surface area (Å²) in [5.41, 5.74) is -1.01. The first-order chi connectivity index (χ1) is 9.27. The Labute approximate surface area is 121 Å². The average molecular weight is 325 g/mol. The summed E-state index contributed by atoms with van der Waals surface area (Å²) in [7, 11) is 0. The Morgan fingerprint density at radius 3 is 2.40 bits per heavy atom. The smallest absolute Gasteiger partial charge is 0.337 e. The first kappa shape index (κ1) is 14.9. The molecular formula is C12H6Cl2F4N2. The summed E-state index contributed by atoms with van der Waals surface area (Å²) < 4.78 is 51.3. The van der Waals surface area contributed by atoms with Gasteiger partial charge in [0.05, 0.1) is 21.3 Å². The zero-order valence-electron chi connectivity index (χ0n) is 9.60. The molecule has 0 unspecified atom stereocenters. The van der Waals surface area contributed by atoms with Crippen molar-refractivity contribution in [1.82, 2.24) is 4.98 Å². The van der Waals surface area contributed by atoms with Crippen molar-refractivity contribution in [2.24, 2.45) is 0 Å². The Bertz CT molecular complexity index is 644. The van der Waals surface area contributed by atoms with Gasteiger partial charge in [0.2, 0.25) is 0 Å². The van der Waals surface area contributed by atoms with Gasteiger partial charge >= 0.3 is 6.18 Å². The molecule has 0 aliphatic heterocycles. The molecule has 0 bridgehead atoms. The summed E-state index contributed by atoms with van der Waals surface area (Å²) in [4.78, 5) is 3.65. The van der Waals surface area contributed by atoms with Crippen LogP contribution >= 0.6 is 23.2 Å². The van der Waals surface area contributed by atoms with Crippen LogP contribution in [0.2, 0.25) is 10.0 Å². The lowest BCUT2D eigenvalue weighted by Crippen LogP contribution is -2.06. The van der Waals surface area contributed by atoms with Gasteiger partial charge in [-0.15, -0.1) is 0 Å². The molecule has 2 nitrogen and oxygen atoms in total. The van der Waals surface area contributed by atoms with Gasteiger partial charge in [-0.2, -0.15) is 13.2 Å². The normalized spacial score (nSPS) is 11.5. The van der Waals surface area contributed by atoms with E-state index in [1.54, 1.807) is 0 Å². The van der Waals surface area contributed by atoms with Crippen molar-refractivity contribution in [2.75, 3.05) is 5.32 Å². The van der Waals surface area contributed by atoms with Crippen molar-refractivity contribution in [3.63, 3.8) is 0 Å². The third kappa shape index (κ3) is 3.32. The van der Waals surface area contributed by atoms with Crippen molar-refractivity contribution >= 4 is 34.7 Å². The van der Waals surface area contributed by atoms with E-state index in [2.05, 4.69) is 10.3 Å². The number of hydrogen-bond donors (Lipinski definition) is 1. The van der Waals surface area contributed by atoms with E-state index >= 15 is 0 Å². The van der Waals surface area contributed by atoms with E-state index in [4.69, 9.17) is 23.2 Å². The Morgan fingerprint density at radius 1 is 1.10 bits per heavy atom. The molecule has 0 saturated heterocycles. The molecule has 0 spiro atoms. The molecule has 0 atom stereocenters. The second-order valence-electron chi connectivity index (χ2n) is 3.80. The minimum atomic E-state index is -4.52. The molecule has 2 rings (SSSR count). The van der Waals surface area contributed by atoms with E-state index in [0.717, 1.165) is 30.5 Å². The van der Waals surface area contributed by atoms with Gasteiger partial charge in [0, 0.05) is 6.20 Å². The van der Waals surface area contributed by atoms with Crippen LogP contribution in [0.25, 0.3) is 0 Å². The maximum atomic E-state index is 13.5. The fourth-order valence-corrected chi connectivity index (χ4v) is 1.74. The Morgan fingerprint density at radius 2 is 1.80 bits per heavy atom. The van der Waals surface area contributed by atoms with E-state index in [-0.39, 0.29) is 21.6 Å². The number of rotatable bonds is 2. The molecule has 20 heavy (non-hydrogen) atoms. The third-order valence-electron chi connectivity index (χ3n) is 2.35. The van der Waals surface area contributed by atoms with Crippen LogP contribution in [0.1, 0.15) is 5.56 Å². The van der Waals surface area contributed by atoms with Gasteiger partial charge < -0.3 is 5.32 Å². The number of anilines is 2. The van der Waals surface area contributed by atoms with E-state index in [1.165, 1.54) is 0 Å². The highest BCUT2D eigenvalue weighted by Crippen LogP contribution is 2.35. The fourth-order valence-electron chi connectivity index (χ4n) is 1.43. The maximum Gasteiger partial charge on any atom is 0.416 e. The van der Waals surface area contributed by atoms with Crippen LogP contribution in [0.4, 0.5) is 29.1 Å². The molecule has 0 radical (unpaired) electrons. The summed E-state index contributed by atoms with van der Waals surface area (Å²) in [6, 6.07) is 3.66. The lowest BCUT2D eigenvalue weighted by molar-refractivity contribution is -0.137. The van der Waals surface area contributed by atoms with Crippen molar-refractivity contribution < 1.29 is 17.6 Å². The number of nitrogens with zero attached hydrogens (tertiary/aromatic N) is 1. The number of aromatic nitrogens is 1. The number of benzene rings is 1. The van der Waals surface area contributed by atoms with E-state index in [1.807, 2.05) is 0 Å². The quantitative estimate of drug-likeness (QED) is 0.759. The van der Waals surface area contributed by atoms with Crippen LogP contribution in [0.3, 0.4) is 0 Å². The predicted molar refractivity (Wildman–Crippen MR) is 68.9 cm³/mol. The van der Waals surface area contributed by atoms with Gasteiger partial charge in [-0.05, 0) is 24.3 Å². The standard InChI is InChI=1S/C12H6Cl2F4N2/c13-7-4-9(15)11(19-5-7)20-10-3-6(12(16,17)18)1-2-8(10)14/h1-5H,(H,19,20). The predicted octanol–water partition coefficient (Wildman–Crippen LogP) is 5.29. The molecule has 2 aromatic rings. The Balaban J connectivity index is 2.38. The average Bonchev–Trinajstić information content (AvgIpc) is 2.33. The lowest BCUT2D eigenvalue weighted by atomic mass is 10.2. The maximum absolute atomic E-state index is 13.5. The SMILES string of the molecule is Fc1cc(Cl)cnc1Nc1cc(C(F)(F)F)ccc1Cl. The van der Waals surface area contributed by atoms with Crippen LogP contribution in [0, 0.1) is 5.82 Å². The number of alkyl halides is 3. The minimum absolute atomic E-state index is 0.00847. The van der Waals surface area contributed by atoms with Crippen molar-refractivity contribution in [3.05, 3.63) is 51.9 Å². The molecular weight excluding hydrogens is 319 g/mol. The summed E-state index contributed by atoms with van der Waals surface area (Å²) >= 11 is 11.3. The second-order valence-corrected chi connectivity index (χ2v) is 4.64. The van der Waals surface area contributed by atoms with Crippen molar-refractivity contribution in [3.8, 4) is 0 Å². The van der Waals surface area contributed by atoms with E-state index < -0.39 is 17.6 Å². The number of halogens is 6. The highest BCUT2D eigenvalue weighted by molar-refractivity contribution is 6.33. The second kappa shape index (κ2) is 5.46. The van der Waals surface area contributed by atoms with Crippen LogP contribution in [-0.4, -0.2) is 4.98 Å². The molecule has 106 valence electrons. The number of hydrogen-bond acceptors (Lipinski definition) is 2. The molecule has 0 aliphatic rings. The van der Waals surface area contributed by atoms with Crippen LogP contribution in [-0.2, 0) is 6.18 Å². The van der Waals surface area contributed by atoms with Gasteiger partial charge in [-0.1, -0.05) is 23.2 Å². The van der Waals surface area contributed by atoms with Gasteiger partial charge in [0.1, 0.15) is 0 Å². The molecule has 0 fully saturated rings. The first-order valence-corrected chi connectivity index (χ1v) is 5.98. The van der Waals surface area contributed by atoms with Gasteiger partial charge in [0.25, 0.3) is 0 Å². The summed E-state index contributed by atoms with van der Waals surface area (Å²) in [5, 5.41) is 2.48. The fraction of sp³-hybridized carbons (Fsp3) is 0.0833. The first-order valence-electron chi connectivity index (χ1n) is 5.22. The molecule has 1 aromatic heterocycles. The largest absolute Gasteiger partial charge is 0.416 e. The molecule has 8 heteroatoms. The Kier molecular flexibility index (Phi) is 4.06. The Hall–Kier alpha value is -1.53. The number of pyridine rings is 1. The van der Waals surface area contributed by atoms with E-state index in [0.29, 0.717) is 0 Å². The highest BCUT2D eigenvalue weighted by Gasteiger charge is 2.31. The van der Waals surface area contributed by atoms with Crippen LogP contribution in [0.5, 0.6) is 0 Å². The third-order valence-corrected chi connectivity index (χ3v) is 2.89. The van der Waals surface area contributed by atoms with Crippen molar-refractivity contribution in [2.45, 2.75) is 6.18 Å². The topological polar surface area (TPSA) is 24.9 Å². The van der Waals surface area contributed by atoms with Gasteiger partial charge in [0.15, 0.2) is 11.6 Å². The van der Waals surface area contributed by atoms with Gasteiger partial charge in [-0.25, -0.2) is 9.37 Å². The molecule has 1 heterocycles. The molecule has 1 N–H and O–H groups in total. The summed E-state index contributed by atoms with van der Waals surface area (Å²) in [5.74, 6) is -1.07. The van der Waals surface area contributed by atoms with Gasteiger partial charge in [-0.3, -0.25) is 0 Å². The van der Waals surface area contributed by atoms with Crippen LogP contribution in [0.15, 0.2) is 30.5 Å².